The van der Waals surface area contributed by atoms with Crippen molar-refractivity contribution in [3.8, 4) is 0 Å². The lowest BCUT2D eigenvalue weighted by Gasteiger charge is -2.54. The van der Waals surface area contributed by atoms with Crippen LogP contribution in [0.3, 0.4) is 0 Å². The summed E-state index contributed by atoms with van der Waals surface area (Å²) in [6.07, 6.45) is 0. The molecule has 0 aromatic heterocycles. The molecule has 0 spiro atoms. The highest BCUT2D eigenvalue weighted by Crippen LogP contribution is 2.64. The SMILES string of the molecule is O=C1OC(=O)C2C1C1(O)c3ccccc3C2(O)c2cc(Cl)ccc21. The van der Waals surface area contributed by atoms with Gasteiger partial charge in [0.25, 0.3) is 0 Å². The van der Waals surface area contributed by atoms with E-state index in [2.05, 4.69) is 0 Å². The zero-order valence-electron chi connectivity index (χ0n) is 12.2. The Hall–Kier alpha value is -2.21. The van der Waals surface area contributed by atoms with E-state index in [0.29, 0.717) is 27.3 Å². The van der Waals surface area contributed by atoms with E-state index < -0.39 is 35.0 Å². The molecule has 4 atom stereocenters. The van der Waals surface area contributed by atoms with Crippen LogP contribution in [0.25, 0.3) is 0 Å². The van der Waals surface area contributed by atoms with Crippen LogP contribution in [0.15, 0.2) is 42.5 Å². The largest absolute Gasteiger partial charge is 0.392 e. The van der Waals surface area contributed by atoms with E-state index >= 15 is 0 Å². The van der Waals surface area contributed by atoms with Crippen molar-refractivity contribution < 1.29 is 24.5 Å². The number of carbonyl (C=O) groups is 2. The fourth-order valence-electron chi connectivity index (χ4n) is 4.59. The highest BCUT2D eigenvalue weighted by molar-refractivity contribution is 6.30. The van der Waals surface area contributed by atoms with Crippen molar-refractivity contribution in [3.05, 3.63) is 69.7 Å². The third-order valence-electron chi connectivity index (χ3n) is 5.49. The van der Waals surface area contributed by atoms with Crippen molar-refractivity contribution in [2.24, 2.45) is 11.8 Å². The summed E-state index contributed by atoms with van der Waals surface area (Å²) in [6.45, 7) is 0. The van der Waals surface area contributed by atoms with Crippen molar-refractivity contribution in [1.29, 1.82) is 0 Å². The zero-order chi connectivity index (χ0) is 16.9. The van der Waals surface area contributed by atoms with Gasteiger partial charge in [-0.3, -0.25) is 9.59 Å². The van der Waals surface area contributed by atoms with Crippen LogP contribution in [-0.4, -0.2) is 22.2 Å². The number of hydrogen-bond donors (Lipinski definition) is 2. The van der Waals surface area contributed by atoms with Crippen molar-refractivity contribution in [1.82, 2.24) is 0 Å². The highest BCUT2D eigenvalue weighted by atomic mass is 35.5. The molecule has 2 aromatic carbocycles. The standard InChI is InChI=1S/C18H11ClO5/c19-8-5-6-11-12(7-8)18(23)10-4-2-1-3-9(10)17(11,22)13-14(18)16(21)24-15(13)20/h1-7,13-14,22-23H. The first-order valence-electron chi connectivity index (χ1n) is 7.51. The zero-order valence-corrected chi connectivity index (χ0v) is 12.9. The first-order valence-corrected chi connectivity index (χ1v) is 7.88. The van der Waals surface area contributed by atoms with Gasteiger partial charge in [-0.05, 0) is 34.4 Å². The summed E-state index contributed by atoms with van der Waals surface area (Å²) < 4.78 is 4.78. The molecule has 6 rings (SSSR count). The number of cyclic esters (lactones) is 2. The van der Waals surface area contributed by atoms with Gasteiger partial charge in [0.1, 0.15) is 23.0 Å². The Morgan fingerprint density at radius 2 is 1.33 bits per heavy atom. The Morgan fingerprint density at radius 1 is 0.833 bits per heavy atom. The molecule has 0 radical (unpaired) electrons. The monoisotopic (exact) mass is 342 g/mol. The number of esters is 2. The Bertz CT molecular complexity index is 954. The highest BCUT2D eigenvalue weighted by Gasteiger charge is 2.73. The predicted molar refractivity (Wildman–Crippen MR) is 82.0 cm³/mol. The van der Waals surface area contributed by atoms with Crippen LogP contribution in [0.1, 0.15) is 22.3 Å². The molecule has 5 nitrogen and oxygen atoms in total. The minimum Gasteiger partial charge on any atom is -0.392 e. The van der Waals surface area contributed by atoms with Crippen LogP contribution in [0.2, 0.25) is 5.02 Å². The average molecular weight is 343 g/mol. The van der Waals surface area contributed by atoms with Crippen molar-refractivity contribution >= 4 is 23.5 Å². The molecule has 1 aliphatic heterocycles. The molecule has 1 saturated heterocycles. The second kappa shape index (κ2) is 4.06. The summed E-state index contributed by atoms with van der Waals surface area (Å²) >= 11 is 6.08. The average Bonchev–Trinajstić information content (AvgIpc) is 2.88. The molecule has 4 unspecified atom stereocenters. The molecule has 2 N–H and O–H groups in total. The Kier molecular flexibility index (Phi) is 2.39. The minimum atomic E-state index is -1.77. The predicted octanol–water partition coefficient (Wildman–Crippen LogP) is 1.45. The van der Waals surface area contributed by atoms with E-state index in [9.17, 15) is 19.8 Å². The number of ether oxygens (including phenoxy) is 1. The lowest BCUT2D eigenvalue weighted by atomic mass is 9.50. The van der Waals surface area contributed by atoms with E-state index in [1.807, 2.05) is 0 Å². The van der Waals surface area contributed by atoms with E-state index in [-0.39, 0.29) is 0 Å². The van der Waals surface area contributed by atoms with Crippen molar-refractivity contribution in [2.75, 3.05) is 0 Å². The van der Waals surface area contributed by atoms with Crippen LogP contribution in [0.5, 0.6) is 0 Å². The van der Waals surface area contributed by atoms with E-state index in [0.717, 1.165) is 0 Å². The molecule has 3 aliphatic carbocycles. The van der Waals surface area contributed by atoms with Gasteiger partial charge in [0, 0.05) is 5.02 Å². The number of aliphatic hydroxyl groups is 2. The van der Waals surface area contributed by atoms with Gasteiger partial charge in [-0.15, -0.1) is 0 Å². The molecule has 0 amide bonds. The summed E-state index contributed by atoms with van der Waals surface area (Å²) in [4.78, 5) is 24.6. The number of rotatable bonds is 0. The van der Waals surface area contributed by atoms with E-state index in [1.165, 1.54) is 6.07 Å². The fraction of sp³-hybridized carbons (Fsp3) is 0.222. The molecule has 0 saturated carbocycles. The third kappa shape index (κ3) is 1.28. The van der Waals surface area contributed by atoms with Crippen LogP contribution >= 0.6 is 11.6 Å². The van der Waals surface area contributed by atoms with Crippen LogP contribution in [0.4, 0.5) is 0 Å². The maximum absolute atomic E-state index is 12.3. The normalized spacial score (nSPS) is 35.3. The molecular weight excluding hydrogens is 332 g/mol. The maximum Gasteiger partial charge on any atom is 0.321 e. The van der Waals surface area contributed by atoms with Gasteiger partial charge in [0.05, 0.1) is 0 Å². The van der Waals surface area contributed by atoms with E-state index in [4.69, 9.17) is 16.3 Å². The Morgan fingerprint density at radius 3 is 1.92 bits per heavy atom. The van der Waals surface area contributed by atoms with Crippen LogP contribution in [0, 0.1) is 11.8 Å². The lowest BCUT2D eigenvalue weighted by molar-refractivity contribution is -0.155. The number of benzene rings is 2. The van der Waals surface area contributed by atoms with Gasteiger partial charge in [0.2, 0.25) is 0 Å². The molecule has 4 aliphatic rings. The molecule has 6 heteroatoms. The van der Waals surface area contributed by atoms with Gasteiger partial charge in [-0.2, -0.15) is 0 Å². The maximum atomic E-state index is 12.3. The topological polar surface area (TPSA) is 83.8 Å². The molecule has 24 heavy (non-hydrogen) atoms. The molecule has 1 fully saturated rings. The molecule has 2 aromatic rings. The third-order valence-corrected chi connectivity index (χ3v) is 5.73. The van der Waals surface area contributed by atoms with Crippen molar-refractivity contribution in [2.45, 2.75) is 11.2 Å². The molecule has 1 heterocycles. The van der Waals surface area contributed by atoms with Crippen LogP contribution < -0.4 is 0 Å². The first kappa shape index (κ1) is 14.2. The Labute approximate surface area is 141 Å². The summed E-state index contributed by atoms with van der Waals surface area (Å²) in [5.74, 6) is -4.03. The van der Waals surface area contributed by atoms with Gasteiger partial charge in [-0.1, -0.05) is 41.9 Å². The fourth-order valence-corrected chi connectivity index (χ4v) is 4.77. The number of halogens is 1. The van der Waals surface area contributed by atoms with Crippen LogP contribution in [-0.2, 0) is 25.5 Å². The second-order valence-corrected chi connectivity index (χ2v) is 6.90. The van der Waals surface area contributed by atoms with Gasteiger partial charge < -0.3 is 14.9 Å². The summed E-state index contributed by atoms with van der Waals surface area (Å²) in [7, 11) is 0. The van der Waals surface area contributed by atoms with Gasteiger partial charge >= 0.3 is 11.9 Å². The summed E-state index contributed by atoms with van der Waals surface area (Å²) in [5, 5.41) is 23.5. The molecule has 120 valence electrons. The lowest BCUT2D eigenvalue weighted by Crippen LogP contribution is -2.61. The Balaban J connectivity index is 1.99. The van der Waals surface area contributed by atoms with Crippen molar-refractivity contribution in [3.63, 3.8) is 0 Å². The van der Waals surface area contributed by atoms with Gasteiger partial charge in [-0.25, -0.2) is 0 Å². The van der Waals surface area contributed by atoms with Gasteiger partial charge in [0.15, 0.2) is 0 Å². The first-order chi connectivity index (χ1) is 11.4. The number of carbonyl (C=O) groups excluding carboxylic acids is 2. The van der Waals surface area contributed by atoms with E-state index in [1.54, 1.807) is 36.4 Å². The smallest absolute Gasteiger partial charge is 0.321 e. The second-order valence-electron chi connectivity index (χ2n) is 6.46. The summed E-state index contributed by atoms with van der Waals surface area (Å²) in [6, 6.07) is 11.4. The molecular formula is C18H11ClO5. The summed E-state index contributed by atoms with van der Waals surface area (Å²) in [5.41, 5.74) is -1.99. The number of hydrogen-bond acceptors (Lipinski definition) is 5. The molecule has 2 bridgehead atoms. The minimum absolute atomic E-state index is 0.337. The quantitative estimate of drug-likeness (QED) is 0.559.